The van der Waals surface area contributed by atoms with Gasteiger partial charge in [0, 0.05) is 13.6 Å². The summed E-state index contributed by atoms with van der Waals surface area (Å²) in [5.74, 6) is 0.832. The van der Waals surface area contributed by atoms with Crippen molar-refractivity contribution in [3.05, 3.63) is 0 Å². The number of rotatable bonds is 2. The first-order valence-corrected chi connectivity index (χ1v) is 5.81. The third kappa shape index (κ3) is 1.87. The predicted molar refractivity (Wildman–Crippen MR) is 63.5 cm³/mol. The maximum atomic E-state index is 12.1. The summed E-state index contributed by atoms with van der Waals surface area (Å²) in [5.41, 5.74) is 0. The lowest BCUT2D eigenvalue weighted by molar-refractivity contribution is -0.133. The van der Waals surface area contributed by atoms with Crippen LogP contribution in [0.2, 0.25) is 0 Å². The SMILES string of the molecule is CC1=NC2C(=O)N(C)C(=O)N(CC(C)C)C2N1. The molecule has 0 aromatic carbocycles. The molecule has 0 aromatic rings. The number of hydrogen-bond acceptors (Lipinski definition) is 4. The highest BCUT2D eigenvalue weighted by Crippen LogP contribution is 2.22. The van der Waals surface area contributed by atoms with E-state index >= 15 is 0 Å². The third-order valence-corrected chi connectivity index (χ3v) is 3.00. The van der Waals surface area contributed by atoms with Crippen molar-refractivity contribution in [2.45, 2.75) is 33.0 Å². The monoisotopic (exact) mass is 238 g/mol. The Morgan fingerprint density at radius 2 is 2.06 bits per heavy atom. The number of hydrogen-bond donors (Lipinski definition) is 1. The van der Waals surface area contributed by atoms with Gasteiger partial charge in [-0.3, -0.25) is 14.7 Å². The minimum absolute atomic E-state index is 0.232. The lowest BCUT2D eigenvalue weighted by Gasteiger charge is -2.40. The molecular weight excluding hydrogens is 220 g/mol. The molecule has 1 fully saturated rings. The number of aliphatic imine (C=N–C) groups is 1. The summed E-state index contributed by atoms with van der Waals surface area (Å²) >= 11 is 0. The van der Waals surface area contributed by atoms with Crippen LogP contribution in [-0.2, 0) is 4.79 Å². The smallest absolute Gasteiger partial charge is 0.328 e. The first-order valence-electron chi connectivity index (χ1n) is 5.81. The van der Waals surface area contributed by atoms with E-state index < -0.39 is 6.04 Å². The molecular formula is C11H18N4O2. The molecule has 2 aliphatic heterocycles. The molecule has 0 bridgehead atoms. The molecule has 2 unspecified atom stereocenters. The standard InChI is InChI=1S/C11H18N4O2/c1-6(2)5-15-9-8(12-7(3)13-9)10(16)14(4)11(15)17/h6,8-9H,5H2,1-4H3,(H,12,13). The Bertz CT molecular complexity index is 391. The molecule has 1 saturated heterocycles. The average Bonchev–Trinajstić information content (AvgIpc) is 2.63. The van der Waals surface area contributed by atoms with E-state index in [1.165, 1.54) is 7.05 Å². The van der Waals surface area contributed by atoms with Gasteiger partial charge in [0.2, 0.25) is 0 Å². The summed E-state index contributed by atoms with van der Waals surface area (Å²) in [6.45, 7) is 6.51. The Hall–Kier alpha value is -1.59. The van der Waals surface area contributed by atoms with Crippen LogP contribution in [0.5, 0.6) is 0 Å². The first-order chi connectivity index (χ1) is 7.91. The van der Waals surface area contributed by atoms with Crippen molar-refractivity contribution in [2.75, 3.05) is 13.6 Å². The van der Waals surface area contributed by atoms with Crippen LogP contribution in [0.25, 0.3) is 0 Å². The zero-order valence-corrected chi connectivity index (χ0v) is 10.6. The van der Waals surface area contributed by atoms with Gasteiger partial charge in [-0.05, 0) is 12.8 Å². The molecule has 0 saturated carbocycles. The molecule has 0 aromatic heterocycles. The van der Waals surface area contributed by atoms with Crippen molar-refractivity contribution < 1.29 is 9.59 Å². The molecule has 2 heterocycles. The van der Waals surface area contributed by atoms with Crippen LogP contribution in [0.4, 0.5) is 4.79 Å². The van der Waals surface area contributed by atoms with Crippen molar-refractivity contribution in [1.82, 2.24) is 15.1 Å². The second kappa shape index (κ2) is 4.01. The molecule has 2 aliphatic rings. The van der Waals surface area contributed by atoms with Crippen molar-refractivity contribution >= 4 is 17.8 Å². The summed E-state index contributed by atoms with van der Waals surface area (Å²) < 4.78 is 0. The summed E-state index contributed by atoms with van der Waals surface area (Å²) in [6.07, 6.45) is -0.311. The van der Waals surface area contributed by atoms with Crippen molar-refractivity contribution in [3.8, 4) is 0 Å². The summed E-state index contributed by atoms with van der Waals surface area (Å²) in [5, 5.41) is 3.10. The van der Waals surface area contributed by atoms with Gasteiger partial charge in [-0.25, -0.2) is 4.79 Å². The highest BCUT2D eigenvalue weighted by molar-refractivity contribution is 6.03. The van der Waals surface area contributed by atoms with Crippen LogP contribution < -0.4 is 5.32 Å². The Kier molecular flexibility index (Phi) is 2.81. The van der Waals surface area contributed by atoms with Gasteiger partial charge < -0.3 is 10.2 Å². The maximum absolute atomic E-state index is 12.1. The average molecular weight is 238 g/mol. The number of urea groups is 1. The number of fused-ring (bicyclic) bond motifs is 1. The first kappa shape index (κ1) is 11.9. The van der Waals surface area contributed by atoms with Gasteiger partial charge in [-0.2, -0.15) is 0 Å². The van der Waals surface area contributed by atoms with E-state index in [1.807, 2.05) is 20.8 Å². The molecule has 17 heavy (non-hydrogen) atoms. The van der Waals surface area contributed by atoms with Crippen LogP contribution in [0, 0.1) is 5.92 Å². The molecule has 0 aliphatic carbocycles. The van der Waals surface area contributed by atoms with E-state index in [-0.39, 0.29) is 18.1 Å². The number of amidine groups is 1. The fraction of sp³-hybridized carbons (Fsp3) is 0.727. The van der Waals surface area contributed by atoms with E-state index in [2.05, 4.69) is 10.3 Å². The molecule has 2 rings (SSSR count). The zero-order valence-electron chi connectivity index (χ0n) is 10.6. The molecule has 0 spiro atoms. The summed E-state index contributed by atoms with van der Waals surface area (Å²) in [6, 6.07) is -0.737. The van der Waals surface area contributed by atoms with Crippen molar-refractivity contribution in [1.29, 1.82) is 0 Å². The van der Waals surface area contributed by atoms with Crippen LogP contribution in [0.1, 0.15) is 20.8 Å². The molecule has 0 radical (unpaired) electrons. The van der Waals surface area contributed by atoms with Gasteiger partial charge >= 0.3 is 6.03 Å². The number of carbonyl (C=O) groups excluding carboxylic acids is 2. The molecule has 6 nitrogen and oxygen atoms in total. The number of imide groups is 1. The van der Waals surface area contributed by atoms with Gasteiger partial charge in [0.1, 0.15) is 6.17 Å². The second-order valence-electron chi connectivity index (χ2n) is 4.97. The fourth-order valence-corrected chi connectivity index (χ4v) is 2.24. The lowest BCUT2D eigenvalue weighted by Crippen LogP contribution is -2.65. The second-order valence-corrected chi connectivity index (χ2v) is 4.97. The van der Waals surface area contributed by atoms with Gasteiger partial charge in [0.05, 0.1) is 5.84 Å². The summed E-state index contributed by atoms with van der Waals surface area (Å²) in [7, 11) is 1.51. The molecule has 3 amide bonds. The van der Waals surface area contributed by atoms with E-state index in [4.69, 9.17) is 0 Å². The number of nitrogens with zero attached hydrogens (tertiary/aromatic N) is 3. The number of carbonyl (C=O) groups is 2. The highest BCUT2D eigenvalue weighted by Gasteiger charge is 2.47. The predicted octanol–water partition coefficient (Wildman–Crippen LogP) is 0.253. The van der Waals surface area contributed by atoms with E-state index in [9.17, 15) is 9.59 Å². The van der Waals surface area contributed by atoms with E-state index in [1.54, 1.807) is 4.90 Å². The Morgan fingerprint density at radius 3 is 2.65 bits per heavy atom. The van der Waals surface area contributed by atoms with Crippen LogP contribution in [0.3, 0.4) is 0 Å². The van der Waals surface area contributed by atoms with Crippen LogP contribution in [-0.4, -0.2) is 53.4 Å². The Labute approximate surface area is 101 Å². The van der Waals surface area contributed by atoms with E-state index in [0.717, 1.165) is 4.90 Å². The lowest BCUT2D eigenvalue weighted by atomic mass is 10.1. The maximum Gasteiger partial charge on any atom is 0.328 e. The fourth-order valence-electron chi connectivity index (χ4n) is 2.24. The van der Waals surface area contributed by atoms with Gasteiger partial charge in [0.25, 0.3) is 5.91 Å². The minimum Gasteiger partial charge on any atom is -0.352 e. The largest absolute Gasteiger partial charge is 0.352 e. The molecule has 6 heteroatoms. The zero-order chi connectivity index (χ0) is 12.7. The summed E-state index contributed by atoms with van der Waals surface area (Å²) in [4.78, 5) is 31.1. The highest BCUT2D eigenvalue weighted by atomic mass is 16.2. The minimum atomic E-state index is -0.489. The number of nitrogens with one attached hydrogen (secondary N) is 1. The topological polar surface area (TPSA) is 65.0 Å². The molecule has 2 atom stereocenters. The third-order valence-electron chi connectivity index (χ3n) is 3.00. The van der Waals surface area contributed by atoms with Crippen molar-refractivity contribution in [2.24, 2.45) is 10.9 Å². The van der Waals surface area contributed by atoms with Gasteiger partial charge in [-0.1, -0.05) is 13.8 Å². The van der Waals surface area contributed by atoms with Gasteiger partial charge in [-0.15, -0.1) is 0 Å². The van der Waals surface area contributed by atoms with Crippen molar-refractivity contribution in [3.63, 3.8) is 0 Å². The Balaban J connectivity index is 2.28. The molecule has 94 valence electrons. The normalized spacial score (nSPS) is 28.4. The Morgan fingerprint density at radius 1 is 1.41 bits per heavy atom. The quantitative estimate of drug-likeness (QED) is 0.750. The van der Waals surface area contributed by atoms with Gasteiger partial charge in [0.15, 0.2) is 6.04 Å². The number of likely N-dealkylation sites (N-methyl/N-ethyl adjacent to an activating group) is 1. The van der Waals surface area contributed by atoms with Crippen LogP contribution in [0.15, 0.2) is 4.99 Å². The number of amides is 3. The molecule has 1 N–H and O–H groups in total. The van der Waals surface area contributed by atoms with E-state index in [0.29, 0.717) is 18.3 Å². The van der Waals surface area contributed by atoms with Crippen LogP contribution >= 0.6 is 0 Å².